The number of benzene rings is 2. The fraction of sp³-hybridized carbons (Fsp3) is 0.520. The highest BCUT2D eigenvalue weighted by atomic mass is 31.2. The first-order valence-electron chi connectivity index (χ1n) is 11.3. The van der Waals surface area contributed by atoms with Gasteiger partial charge in [0.2, 0.25) is 0 Å². The van der Waals surface area contributed by atoms with Crippen LogP contribution in [0.5, 0.6) is 0 Å². The summed E-state index contributed by atoms with van der Waals surface area (Å²) in [5, 5.41) is 0. The fourth-order valence-corrected chi connectivity index (χ4v) is 5.93. The predicted molar refractivity (Wildman–Crippen MR) is 125 cm³/mol. The lowest BCUT2D eigenvalue weighted by atomic mass is 10.1. The SMILES string of the molecule is COP(=O)(OC)[C@@H](COCc1ccccc1)[C@H]1O[C@H]2OC(C)(C)O[C@H]2[C@H]1OCc1ccccc1. The second kappa shape index (κ2) is 11.0. The van der Waals surface area contributed by atoms with E-state index in [1.165, 1.54) is 14.2 Å². The molecule has 0 aliphatic carbocycles. The van der Waals surface area contributed by atoms with Crippen LogP contribution in [0, 0.1) is 0 Å². The summed E-state index contributed by atoms with van der Waals surface area (Å²) >= 11 is 0. The third-order valence-electron chi connectivity index (χ3n) is 6.01. The first kappa shape index (κ1) is 25.5. The van der Waals surface area contributed by atoms with Gasteiger partial charge in [0, 0.05) is 14.2 Å². The van der Waals surface area contributed by atoms with Crippen molar-refractivity contribution in [1.29, 1.82) is 0 Å². The van der Waals surface area contributed by atoms with E-state index in [0.717, 1.165) is 11.1 Å². The molecule has 0 amide bonds. The van der Waals surface area contributed by atoms with Gasteiger partial charge in [0.25, 0.3) is 0 Å². The number of rotatable bonds is 11. The Balaban J connectivity index is 1.55. The van der Waals surface area contributed by atoms with Gasteiger partial charge in [-0.2, -0.15) is 0 Å². The van der Waals surface area contributed by atoms with Crippen LogP contribution < -0.4 is 0 Å². The lowest BCUT2D eigenvalue weighted by Gasteiger charge is -2.33. The van der Waals surface area contributed by atoms with Crippen molar-refractivity contribution in [2.45, 2.75) is 63.1 Å². The molecule has 2 aromatic carbocycles. The minimum Gasteiger partial charge on any atom is -0.376 e. The molecular weight excluding hydrogens is 459 g/mol. The standard InChI is InChI=1S/C25H33O8P/c1-25(2)32-23-22(30-16-19-13-9-6-10-14-19)21(31-24(23)33-25)20(34(26,27-3)28-4)17-29-15-18-11-7-5-8-12-18/h5-14,20-24H,15-17H2,1-4H3/t20-,21+,22-,23-,24-/m0/s1. The van der Waals surface area contributed by atoms with Crippen LogP contribution in [0.2, 0.25) is 0 Å². The van der Waals surface area contributed by atoms with Crippen molar-refractivity contribution in [2.75, 3.05) is 20.8 Å². The third kappa shape index (κ3) is 5.78. The Morgan fingerprint density at radius 1 is 0.912 bits per heavy atom. The van der Waals surface area contributed by atoms with Crippen molar-refractivity contribution >= 4 is 7.60 Å². The van der Waals surface area contributed by atoms with Gasteiger partial charge in [0.15, 0.2) is 12.1 Å². The van der Waals surface area contributed by atoms with E-state index in [0.29, 0.717) is 13.2 Å². The molecule has 186 valence electrons. The molecule has 0 saturated carbocycles. The molecule has 34 heavy (non-hydrogen) atoms. The van der Waals surface area contributed by atoms with Gasteiger partial charge in [-0.15, -0.1) is 0 Å². The highest BCUT2D eigenvalue weighted by Gasteiger charge is 2.60. The minimum atomic E-state index is -3.61. The van der Waals surface area contributed by atoms with E-state index in [1.54, 1.807) is 0 Å². The summed E-state index contributed by atoms with van der Waals surface area (Å²) in [5.74, 6) is -0.819. The maximum Gasteiger partial charge on any atom is 0.338 e. The van der Waals surface area contributed by atoms with E-state index in [9.17, 15) is 4.57 Å². The van der Waals surface area contributed by atoms with Gasteiger partial charge in [-0.25, -0.2) is 0 Å². The minimum absolute atomic E-state index is 0.0759. The maximum absolute atomic E-state index is 13.6. The molecular formula is C25H33O8P. The monoisotopic (exact) mass is 492 g/mol. The summed E-state index contributed by atoms with van der Waals surface area (Å²) in [6.07, 6.45) is -2.44. The fourth-order valence-electron chi connectivity index (χ4n) is 4.35. The van der Waals surface area contributed by atoms with Crippen LogP contribution in [0.3, 0.4) is 0 Å². The summed E-state index contributed by atoms with van der Waals surface area (Å²) in [6, 6.07) is 19.6. The average Bonchev–Trinajstić information content (AvgIpc) is 3.32. The Bertz CT molecular complexity index is 946. The number of hydrogen-bond acceptors (Lipinski definition) is 8. The summed E-state index contributed by atoms with van der Waals surface area (Å²) in [7, 11) is -0.885. The molecule has 4 rings (SSSR count). The summed E-state index contributed by atoms with van der Waals surface area (Å²) in [5.41, 5.74) is 1.25. The molecule has 2 fully saturated rings. The van der Waals surface area contributed by atoms with Gasteiger partial charge in [-0.05, 0) is 25.0 Å². The van der Waals surface area contributed by atoms with E-state index in [2.05, 4.69) is 0 Å². The summed E-state index contributed by atoms with van der Waals surface area (Å²) in [4.78, 5) is 0. The van der Waals surface area contributed by atoms with E-state index >= 15 is 0 Å². The Morgan fingerprint density at radius 3 is 2.09 bits per heavy atom. The van der Waals surface area contributed by atoms with Crippen molar-refractivity contribution in [3.63, 3.8) is 0 Å². The van der Waals surface area contributed by atoms with Crippen molar-refractivity contribution in [3.8, 4) is 0 Å². The molecule has 0 aromatic heterocycles. The van der Waals surface area contributed by atoms with Crippen LogP contribution in [0.1, 0.15) is 25.0 Å². The molecule has 5 atom stereocenters. The molecule has 0 unspecified atom stereocenters. The second-order valence-electron chi connectivity index (χ2n) is 8.80. The maximum atomic E-state index is 13.6. The molecule has 2 saturated heterocycles. The quantitative estimate of drug-likeness (QED) is 0.424. The Labute approximate surface area is 200 Å². The summed E-state index contributed by atoms with van der Waals surface area (Å²) in [6.45, 7) is 4.41. The van der Waals surface area contributed by atoms with E-state index in [4.69, 9.17) is 32.7 Å². The molecule has 2 heterocycles. The Kier molecular flexibility index (Phi) is 8.23. The third-order valence-corrected chi connectivity index (χ3v) is 8.28. The molecule has 0 spiro atoms. The van der Waals surface area contributed by atoms with Gasteiger partial charge in [0.05, 0.1) is 19.8 Å². The second-order valence-corrected chi connectivity index (χ2v) is 11.3. The normalized spacial score (nSPS) is 26.9. The molecule has 9 heteroatoms. The van der Waals surface area contributed by atoms with Crippen LogP contribution in [-0.2, 0) is 50.5 Å². The van der Waals surface area contributed by atoms with Crippen LogP contribution in [0.4, 0.5) is 0 Å². The highest BCUT2D eigenvalue weighted by molar-refractivity contribution is 7.54. The molecule has 2 aromatic rings. The van der Waals surface area contributed by atoms with Gasteiger partial charge in [-0.1, -0.05) is 60.7 Å². The number of fused-ring (bicyclic) bond motifs is 1. The zero-order valence-corrected chi connectivity index (χ0v) is 20.9. The molecule has 8 nitrogen and oxygen atoms in total. The van der Waals surface area contributed by atoms with Crippen molar-refractivity contribution in [3.05, 3.63) is 71.8 Å². The van der Waals surface area contributed by atoms with Crippen molar-refractivity contribution < 1.29 is 37.3 Å². The van der Waals surface area contributed by atoms with Crippen molar-refractivity contribution in [1.82, 2.24) is 0 Å². The van der Waals surface area contributed by atoms with Crippen LogP contribution in [0.25, 0.3) is 0 Å². The molecule has 0 bridgehead atoms. The van der Waals surface area contributed by atoms with Gasteiger partial charge in [0.1, 0.15) is 24.0 Å². The van der Waals surface area contributed by atoms with Crippen LogP contribution in [-0.4, -0.2) is 56.9 Å². The Hall–Kier alpha value is -1.61. The number of ether oxygens (including phenoxy) is 5. The van der Waals surface area contributed by atoms with E-state index < -0.39 is 43.6 Å². The van der Waals surface area contributed by atoms with Crippen molar-refractivity contribution in [2.24, 2.45) is 0 Å². The topological polar surface area (TPSA) is 81.7 Å². The summed E-state index contributed by atoms with van der Waals surface area (Å²) < 4.78 is 55.0. The van der Waals surface area contributed by atoms with E-state index in [1.807, 2.05) is 74.5 Å². The van der Waals surface area contributed by atoms with Gasteiger partial charge >= 0.3 is 7.60 Å². The molecule has 0 N–H and O–H groups in total. The van der Waals surface area contributed by atoms with Gasteiger partial charge in [-0.3, -0.25) is 4.57 Å². The molecule has 0 radical (unpaired) electrons. The largest absolute Gasteiger partial charge is 0.376 e. The lowest BCUT2D eigenvalue weighted by molar-refractivity contribution is -0.220. The first-order chi connectivity index (χ1) is 16.3. The molecule has 2 aliphatic rings. The molecule has 2 aliphatic heterocycles. The van der Waals surface area contributed by atoms with Gasteiger partial charge < -0.3 is 32.7 Å². The zero-order chi connectivity index (χ0) is 24.2. The lowest BCUT2D eigenvalue weighted by Crippen LogP contribution is -2.44. The number of hydrogen-bond donors (Lipinski definition) is 0. The van der Waals surface area contributed by atoms with E-state index in [-0.39, 0.29) is 6.61 Å². The predicted octanol–water partition coefficient (Wildman–Crippen LogP) is 4.52. The highest BCUT2D eigenvalue weighted by Crippen LogP contribution is 2.56. The van der Waals surface area contributed by atoms with Crippen LogP contribution in [0.15, 0.2) is 60.7 Å². The zero-order valence-electron chi connectivity index (χ0n) is 20.0. The Morgan fingerprint density at radius 2 is 1.50 bits per heavy atom. The first-order valence-corrected chi connectivity index (χ1v) is 13.0. The van der Waals surface area contributed by atoms with Crippen LogP contribution >= 0.6 is 7.60 Å². The average molecular weight is 493 g/mol. The smallest absolute Gasteiger partial charge is 0.338 e.